The highest BCUT2D eigenvalue weighted by Crippen LogP contribution is 2.27. The van der Waals surface area contributed by atoms with Crippen LogP contribution in [0.5, 0.6) is 0 Å². The minimum Gasteiger partial charge on any atom is -0.357 e. The molecule has 0 aliphatic heterocycles. The molecule has 0 saturated carbocycles. The first-order valence-corrected chi connectivity index (χ1v) is 9.00. The highest BCUT2D eigenvalue weighted by atomic mass is 32.2. The fourth-order valence-corrected chi connectivity index (χ4v) is 3.75. The van der Waals surface area contributed by atoms with Gasteiger partial charge in [0.2, 0.25) is 5.13 Å². The standard InChI is InChI=1S/C16H17N5S2/c1-2-8-18-15-19-20-16(23-15)22-12-14-17-9-10-21(14)11-13-6-4-3-5-7-13/h2-7,9-10H,1,8,11-12H2,(H,18,19). The van der Waals surface area contributed by atoms with Crippen LogP contribution in [0.15, 0.2) is 59.7 Å². The predicted octanol–water partition coefficient (Wildman–Crippen LogP) is 3.67. The van der Waals surface area contributed by atoms with Gasteiger partial charge >= 0.3 is 0 Å². The lowest BCUT2D eigenvalue weighted by atomic mass is 10.2. The van der Waals surface area contributed by atoms with Crippen LogP contribution in [0.25, 0.3) is 0 Å². The Morgan fingerprint density at radius 1 is 1.26 bits per heavy atom. The monoisotopic (exact) mass is 343 g/mol. The number of hydrogen-bond acceptors (Lipinski definition) is 6. The summed E-state index contributed by atoms with van der Waals surface area (Å²) >= 11 is 3.20. The molecule has 3 aromatic rings. The van der Waals surface area contributed by atoms with Gasteiger partial charge in [-0.25, -0.2) is 4.98 Å². The molecule has 0 saturated heterocycles. The van der Waals surface area contributed by atoms with Gasteiger partial charge in [0, 0.05) is 25.5 Å². The number of imidazole rings is 1. The Balaban J connectivity index is 1.59. The van der Waals surface area contributed by atoms with E-state index in [1.807, 2.05) is 18.5 Å². The van der Waals surface area contributed by atoms with Crippen LogP contribution >= 0.6 is 23.1 Å². The second-order valence-corrected chi connectivity index (χ2v) is 6.99. The molecule has 1 N–H and O–H groups in total. The van der Waals surface area contributed by atoms with E-state index in [0.717, 1.165) is 27.6 Å². The van der Waals surface area contributed by atoms with E-state index in [2.05, 4.69) is 55.9 Å². The number of anilines is 1. The fraction of sp³-hybridized carbons (Fsp3) is 0.188. The molecule has 2 aromatic heterocycles. The summed E-state index contributed by atoms with van der Waals surface area (Å²) in [5.74, 6) is 1.81. The van der Waals surface area contributed by atoms with Crippen LogP contribution in [0, 0.1) is 0 Å². The van der Waals surface area contributed by atoms with Crippen molar-refractivity contribution in [2.75, 3.05) is 11.9 Å². The van der Waals surface area contributed by atoms with E-state index in [1.165, 1.54) is 5.56 Å². The Labute approximate surface area is 143 Å². The Morgan fingerprint density at radius 2 is 2.13 bits per heavy atom. The first kappa shape index (κ1) is 15.8. The fourth-order valence-electron chi connectivity index (χ4n) is 2.03. The van der Waals surface area contributed by atoms with Crippen molar-refractivity contribution in [2.24, 2.45) is 0 Å². The summed E-state index contributed by atoms with van der Waals surface area (Å²) in [6.07, 6.45) is 5.66. The zero-order valence-electron chi connectivity index (χ0n) is 12.6. The number of rotatable bonds is 8. The molecule has 0 amide bonds. The molecule has 23 heavy (non-hydrogen) atoms. The van der Waals surface area contributed by atoms with Gasteiger partial charge in [-0.3, -0.25) is 0 Å². The largest absolute Gasteiger partial charge is 0.357 e. The minimum absolute atomic E-state index is 0.695. The highest BCUT2D eigenvalue weighted by molar-refractivity contribution is 8.00. The minimum atomic E-state index is 0.695. The van der Waals surface area contributed by atoms with Crippen molar-refractivity contribution in [3.8, 4) is 0 Å². The maximum Gasteiger partial charge on any atom is 0.206 e. The van der Waals surface area contributed by atoms with E-state index in [0.29, 0.717) is 6.54 Å². The lowest BCUT2D eigenvalue weighted by molar-refractivity contribution is 0.756. The van der Waals surface area contributed by atoms with E-state index >= 15 is 0 Å². The third-order valence-corrected chi connectivity index (χ3v) is 5.14. The van der Waals surface area contributed by atoms with Crippen molar-refractivity contribution >= 4 is 28.2 Å². The van der Waals surface area contributed by atoms with E-state index in [-0.39, 0.29) is 0 Å². The van der Waals surface area contributed by atoms with Crippen molar-refractivity contribution in [1.82, 2.24) is 19.7 Å². The molecule has 0 aliphatic carbocycles. The van der Waals surface area contributed by atoms with Gasteiger partial charge in [0.05, 0.1) is 5.75 Å². The number of thioether (sulfide) groups is 1. The van der Waals surface area contributed by atoms with Crippen molar-refractivity contribution in [3.63, 3.8) is 0 Å². The Hall–Kier alpha value is -2.12. The van der Waals surface area contributed by atoms with Gasteiger partial charge in [0.25, 0.3) is 0 Å². The molecule has 0 atom stereocenters. The average Bonchev–Trinajstić information content (AvgIpc) is 3.21. The highest BCUT2D eigenvalue weighted by Gasteiger charge is 2.08. The van der Waals surface area contributed by atoms with E-state index < -0.39 is 0 Å². The van der Waals surface area contributed by atoms with Crippen molar-refractivity contribution in [1.29, 1.82) is 0 Å². The molecule has 3 rings (SSSR count). The van der Waals surface area contributed by atoms with Crippen LogP contribution in [0.3, 0.4) is 0 Å². The zero-order valence-corrected chi connectivity index (χ0v) is 14.2. The predicted molar refractivity (Wildman–Crippen MR) is 95.9 cm³/mol. The lowest BCUT2D eigenvalue weighted by Gasteiger charge is -2.07. The third-order valence-electron chi connectivity index (χ3n) is 3.13. The van der Waals surface area contributed by atoms with Crippen LogP contribution in [-0.2, 0) is 12.3 Å². The maximum absolute atomic E-state index is 4.45. The number of aromatic nitrogens is 4. The summed E-state index contributed by atoms with van der Waals surface area (Å²) in [4.78, 5) is 4.45. The van der Waals surface area contributed by atoms with Crippen molar-refractivity contribution in [3.05, 3.63) is 66.8 Å². The zero-order chi connectivity index (χ0) is 15.9. The van der Waals surface area contributed by atoms with Crippen LogP contribution in [0.4, 0.5) is 5.13 Å². The topological polar surface area (TPSA) is 55.6 Å². The molecule has 5 nitrogen and oxygen atoms in total. The number of nitrogens with one attached hydrogen (secondary N) is 1. The summed E-state index contributed by atoms with van der Waals surface area (Å²) in [5.41, 5.74) is 1.27. The number of hydrogen-bond donors (Lipinski definition) is 1. The van der Waals surface area contributed by atoms with E-state index in [1.54, 1.807) is 29.2 Å². The third kappa shape index (κ3) is 4.43. The molecule has 118 valence electrons. The molecule has 2 heterocycles. The van der Waals surface area contributed by atoms with Gasteiger partial charge in [0.15, 0.2) is 4.34 Å². The summed E-state index contributed by atoms with van der Waals surface area (Å²) in [7, 11) is 0. The van der Waals surface area contributed by atoms with Gasteiger partial charge in [-0.05, 0) is 5.56 Å². The van der Waals surface area contributed by atoms with Gasteiger partial charge < -0.3 is 9.88 Å². The Bertz CT molecular complexity index is 751. The first-order chi connectivity index (χ1) is 11.3. The SMILES string of the molecule is C=CCNc1nnc(SCc2nccn2Cc2ccccc2)s1. The Morgan fingerprint density at radius 3 is 2.96 bits per heavy atom. The molecule has 1 aromatic carbocycles. The molecular weight excluding hydrogens is 326 g/mol. The first-order valence-electron chi connectivity index (χ1n) is 7.20. The molecule has 0 unspecified atom stereocenters. The van der Waals surface area contributed by atoms with Crippen LogP contribution in [0.2, 0.25) is 0 Å². The maximum atomic E-state index is 4.45. The molecule has 0 spiro atoms. The molecular formula is C16H17N5S2. The summed E-state index contributed by atoms with van der Waals surface area (Å²) in [6, 6.07) is 10.4. The summed E-state index contributed by atoms with van der Waals surface area (Å²) in [6.45, 7) is 5.20. The normalized spacial score (nSPS) is 10.6. The number of nitrogens with zero attached hydrogens (tertiary/aromatic N) is 4. The molecule has 0 aliphatic rings. The van der Waals surface area contributed by atoms with Crippen LogP contribution < -0.4 is 5.32 Å². The molecule has 7 heteroatoms. The van der Waals surface area contributed by atoms with Crippen molar-refractivity contribution < 1.29 is 0 Å². The van der Waals surface area contributed by atoms with E-state index in [4.69, 9.17) is 0 Å². The van der Waals surface area contributed by atoms with Crippen molar-refractivity contribution in [2.45, 2.75) is 16.6 Å². The van der Waals surface area contributed by atoms with E-state index in [9.17, 15) is 0 Å². The Kier molecular flexibility index (Phi) is 5.44. The molecule has 0 bridgehead atoms. The van der Waals surface area contributed by atoms with Gasteiger partial charge in [-0.15, -0.1) is 16.8 Å². The van der Waals surface area contributed by atoms with Gasteiger partial charge in [-0.2, -0.15) is 0 Å². The summed E-state index contributed by atoms with van der Waals surface area (Å²) in [5, 5.41) is 12.2. The number of benzene rings is 1. The molecule has 0 radical (unpaired) electrons. The van der Waals surface area contributed by atoms with Gasteiger partial charge in [0.1, 0.15) is 5.82 Å². The summed E-state index contributed by atoms with van der Waals surface area (Å²) < 4.78 is 3.10. The van der Waals surface area contributed by atoms with Gasteiger partial charge in [-0.1, -0.05) is 59.5 Å². The average molecular weight is 343 g/mol. The van der Waals surface area contributed by atoms with Crippen LogP contribution in [-0.4, -0.2) is 26.3 Å². The quantitative estimate of drug-likeness (QED) is 0.499. The molecule has 0 fully saturated rings. The van der Waals surface area contributed by atoms with Crippen LogP contribution in [0.1, 0.15) is 11.4 Å². The second-order valence-electron chi connectivity index (χ2n) is 4.79. The smallest absolute Gasteiger partial charge is 0.206 e. The lowest BCUT2D eigenvalue weighted by Crippen LogP contribution is -2.03. The second kappa shape index (κ2) is 7.94.